The fourth-order valence-electron chi connectivity index (χ4n) is 5.02. The molecule has 2 N–H and O–H groups in total. The third-order valence-corrected chi connectivity index (χ3v) is 10.7. The Morgan fingerprint density at radius 3 is 2.34 bits per heavy atom. The second-order valence-electron chi connectivity index (χ2n) is 9.31. The number of amides is 1. The van der Waals surface area contributed by atoms with Crippen LogP contribution >= 0.6 is 34.5 Å². The molecule has 3 aliphatic rings. The van der Waals surface area contributed by atoms with Crippen LogP contribution in [0.5, 0.6) is 0 Å². The number of ether oxygens (including phenoxy) is 1. The van der Waals surface area contributed by atoms with Gasteiger partial charge in [-0.05, 0) is 55.0 Å². The molecule has 8 nitrogen and oxygen atoms in total. The molecule has 1 amide bonds. The van der Waals surface area contributed by atoms with Gasteiger partial charge in [0.1, 0.15) is 16.7 Å². The lowest BCUT2D eigenvalue weighted by molar-refractivity contribution is -0.275. The zero-order chi connectivity index (χ0) is 27.6. The van der Waals surface area contributed by atoms with Crippen LogP contribution in [0, 0.1) is 0 Å². The first kappa shape index (κ1) is 27.2. The molecule has 1 aromatic heterocycles. The third-order valence-electron chi connectivity index (χ3n) is 6.84. The van der Waals surface area contributed by atoms with E-state index in [4.69, 9.17) is 38.5 Å². The van der Waals surface area contributed by atoms with Crippen molar-refractivity contribution in [3.05, 3.63) is 54.7 Å². The number of nitrogens with zero attached hydrogens (tertiary/aromatic N) is 1. The molecule has 0 spiro atoms. The summed E-state index contributed by atoms with van der Waals surface area (Å²) in [6.07, 6.45) is -4.34. The van der Waals surface area contributed by atoms with E-state index in [0.29, 0.717) is 28.8 Å². The number of fused-ring (bicyclic) bond motifs is 1. The van der Waals surface area contributed by atoms with E-state index in [-0.39, 0.29) is 26.2 Å². The molecule has 5 rings (SSSR count). The number of carbonyl (C=O) groups excluding carboxylic acids is 2. The first-order valence-corrected chi connectivity index (χ1v) is 14.7. The topological polar surface area (TPSA) is 125 Å². The van der Waals surface area contributed by atoms with Crippen molar-refractivity contribution in [2.75, 3.05) is 5.75 Å². The van der Waals surface area contributed by atoms with Crippen LogP contribution in [0.25, 0.3) is 0 Å². The summed E-state index contributed by atoms with van der Waals surface area (Å²) in [6.45, 7) is 0. The van der Waals surface area contributed by atoms with Gasteiger partial charge in [-0.1, -0.05) is 28.4 Å². The highest BCUT2D eigenvalue weighted by Crippen LogP contribution is 2.51. The van der Waals surface area contributed by atoms with E-state index in [9.17, 15) is 31.2 Å². The lowest BCUT2D eigenvalue weighted by atomic mass is 9.85. The summed E-state index contributed by atoms with van der Waals surface area (Å²) in [5.74, 6) is -2.53. The number of alkyl halides is 3. The standard InChI is InChI=1S/C23H19Cl2F3N2O6S2/c24-11-5-10(6-12(25)7-11)22(23(26,27)28)8-15(30-36-22)17-13-3-1-2-4-14(13)18(37-17)21(32)35-16-9-38(33,34)19(16)20(29)31/h5-7,16,19H,1-4,8-9H2,(H2,29,31). The number of oxime groups is 1. The Morgan fingerprint density at radius 1 is 1.13 bits per heavy atom. The molecule has 38 heavy (non-hydrogen) atoms. The first-order chi connectivity index (χ1) is 17.7. The maximum Gasteiger partial charge on any atom is 0.435 e. The van der Waals surface area contributed by atoms with Gasteiger partial charge >= 0.3 is 12.1 Å². The van der Waals surface area contributed by atoms with E-state index in [2.05, 4.69) is 5.16 Å². The van der Waals surface area contributed by atoms with E-state index in [1.54, 1.807) is 0 Å². The van der Waals surface area contributed by atoms with Crippen LogP contribution in [-0.4, -0.2) is 49.3 Å². The third kappa shape index (κ3) is 4.46. The number of sulfone groups is 1. The van der Waals surface area contributed by atoms with E-state index >= 15 is 0 Å². The highest BCUT2D eigenvalue weighted by atomic mass is 35.5. The van der Waals surface area contributed by atoms with Crippen LogP contribution in [0.4, 0.5) is 13.2 Å². The lowest BCUT2D eigenvalue weighted by Gasteiger charge is -2.32. The summed E-state index contributed by atoms with van der Waals surface area (Å²) in [5, 5.41) is 2.18. The van der Waals surface area contributed by atoms with Gasteiger partial charge in [-0.15, -0.1) is 11.3 Å². The Bertz CT molecular complexity index is 1470. The SMILES string of the molecule is NC(=O)C1C(OC(=O)c2sc(C3=NOC(c4cc(Cl)cc(Cl)c4)(C(F)(F)F)C3)c3c2CCCC3)CS1(=O)=O. The summed E-state index contributed by atoms with van der Waals surface area (Å²) in [6, 6.07) is 3.54. The minimum atomic E-state index is -4.88. The highest BCUT2D eigenvalue weighted by Gasteiger charge is 2.63. The Labute approximate surface area is 228 Å². The normalized spacial score (nSPS) is 26.1. The number of thiophene rings is 1. The molecule has 204 valence electrons. The average molecular weight is 611 g/mol. The number of nitrogens with two attached hydrogens (primary N) is 1. The summed E-state index contributed by atoms with van der Waals surface area (Å²) in [5.41, 5.74) is 3.29. The highest BCUT2D eigenvalue weighted by molar-refractivity contribution is 7.94. The Morgan fingerprint density at radius 2 is 1.76 bits per heavy atom. The number of hydrogen-bond donors (Lipinski definition) is 1. The lowest BCUT2D eigenvalue weighted by Crippen LogP contribution is -2.59. The summed E-state index contributed by atoms with van der Waals surface area (Å²) in [7, 11) is -3.79. The smallest absolute Gasteiger partial charge is 0.435 e. The van der Waals surface area contributed by atoms with Crippen LogP contribution < -0.4 is 5.73 Å². The number of rotatable bonds is 5. The molecule has 15 heteroatoms. The van der Waals surface area contributed by atoms with Gasteiger partial charge in [-0.2, -0.15) is 13.2 Å². The minimum absolute atomic E-state index is 0.000941. The van der Waals surface area contributed by atoms with Crippen molar-refractivity contribution < 1.29 is 40.8 Å². The monoisotopic (exact) mass is 610 g/mol. The van der Waals surface area contributed by atoms with Crippen molar-refractivity contribution in [3.8, 4) is 0 Å². The van der Waals surface area contributed by atoms with Gasteiger partial charge in [0.25, 0.3) is 5.60 Å². The van der Waals surface area contributed by atoms with Gasteiger partial charge < -0.3 is 15.3 Å². The van der Waals surface area contributed by atoms with Gasteiger partial charge in [0.15, 0.2) is 15.1 Å². The minimum Gasteiger partial charge on any atom is -0.455 e. The van der Waals surface area contributed by atoms with Crippen molar-refractivity contribution in [2.45, 2.75) is 55.2 Å². The Kier molecular flexibility index (Phi) is 6.73. The van der Waals surface area contributed by atoms with Crippen molar-refractivity contribution in [3.63, 3.8) is 0 Å². The van der Waals surface area contributed by atoms with E-state index in [1.807, 2.05) is 0 Å². The van der Waals surface area contributed by atoms with Crippen LogP contribution in [0.3, 0.4) is 0 Å². The van der Waals surface area contributed by atoms with Crippen LogP contribution in [-0.2, 0) is 42.6 Å². The Hall–Kier alpha value is -2.35. The van der Waals surface area contributed by atoms with Crippen molar-refractivity contribution >= 4 is 62.0 Å². The summed E-state index contributed by atoms with van der Waals surface area (Å²) >= 11 is 12.9. The van der Waals surface area contributed by atoms with Crippen molar-refractivity contribution in [2.24, 2.45) is 10.9 Å². The van der Waals surface area contributed by atoms with E-state index < -0.39 is 57.0 Å². The molecule has 2 aliphatic heterocycles. The molecule has 0 radical (unpaired) electrons. The van der Waals surface area contributed by atoms with Crippen molar-refractivity contribution in [1.29, 1.82) is 0 Å². The maximum absolute atomic E-state index is 14.4. The van der Waals surface area contributed by atoms with Crippen molar-refractivity contribution in [1.82, 2.24) is 0 Å². The molecule has 1 aliphatic carbocycles. The number of halogens is 5. The second kappa shape index (κ2) is 9.39. The second-order valence-corrected chi connectivity index (χ2v) is 13.4. The molecule has 1 fully saturated rings. The van der Waals surface area contributed by atoms with Gasteiger partial charge in [0, 0.05) is 15.6 Å². The molecular weight excluding hydrogens is 592 g/mol. The van der Waals surface area contributed by atoms with E-state index in [1.165, 1.54) is 6.07 Å². The molecular formula is C23H19Cl2F3N2O6S2. The number of carbonyl (C=O) groups is 2. The molecule has 3 unspecified atom stereocenters. The van der Waals surface area contributed by atoms with Gasteiger partial charge in [-0.3, -0.25) is 4.79 Å². The van der Waals surface area contributed by atoms with Crippen LogP contribution in [0.15, 0.2) is 23.4 Å². The molecule has 1 saturated heterocycles. The van der Waals surface area contributed by atoms with E-state index in [0.717, 1.165) is 36.3 Å². The fraction of sp³-hybridized carbons (Fsp3) is 0.435. The zero-order valence-electron chi connectivity index (χ0n) is 19.3. The number of benzene rings is 1. The van der Waals surface area contributed by atoms with Gasteiger partial charge in [0.2, 0.25) is 5.91 Å². The largest absolute Gasteiger partial charge is 0.455 e. The number of primary amides is 1. The zero-order valence-corrected chi connectivity index (χ0v) is 22.5. The molecule has 2 aromatic rings. The molecule has 3 heterocycles. The fourth-order valence-corrected chi connectivity index (χ4v) is 8.34. The quantitative estimate of drug-likeness (QED) is 0.503. The maximum atomic E-state index is 14.4. The van der Waals surface area contributed by atoms with Crippen LogP contribution in [0.2, 0.25) is 10.0 Å². The first-order valence-electron chi connectivity index (χ1n) is 11.4. The van der Waals surface area contributed by atoms with Crippen LogP contribution in [0.1, 0.15) is 50.5 Å². The number of hydrogen-bond acceptors (Lipinski definition) is 8. The molecule has 0 bridgehead atoms. The predicted molar refractivity (Wildman–Crippen MR) is 133 cm³/mol. The average Bonchev–Trinajstić information content (AvgIpc) is 3.40. The molecule has 0 saturated carbocycles. The predicted octanol–water partition coefficient (Wildman–Crippen LogP) is 4.32. The number of esters is 1. The molecule has 3 atom stereocenters. The Balaban J connectivity index is 1.48. The van der Waals surface area contributed by atoms with Gasteiger partial charge in [0.05, 0.1) is 17.1 Å². The summed E-state index contributed by atoms with van der Waals surface area (Å²) < 4.78 is 72.4. The van der Waals surface area contributed by atoms with Gasteiger partial charge in [-0.25, -0.2) is 13.2 Å². The molecule has 1 aromatic carbocycles. The summed E-state index contributed by atoms with van der Waals surface area (Å²) in [4.78, 5) is 30.2.